The molecule has 120 valence electrons. The topological polar surface area (TPSA) is 91.0 Å². The summed E-state index contributed by atoms with van der Waals surface area (Å²) in [6, 6.07) is 10.9. The van der Waals surface area contributed by atoms with Crippen molar-refractivity contribution in [3.8, 4) is 11.6 Å². The van der Waals surface area contributed by atoms with Gasteiger partial charge in [-0.2, -0.15) is 4.98 Å². The smallest absolute Gasteiger partial charge is 0.363 e. The van der Waals surface area contributed by atoms with Crippen molar-refractivity contribution in [2.45, 2.75) is 16.8 Å². The largest absolute Gasteiger partial charge is 0.432 e. The molecular weight excluding hydrogens is 328 g/mol. The first-order chi connectivity index (χ1) is 11.6. The second-order valence-corrected chi connectivity index (χ2v) is 5.86. The molecule has 3 rings (SSSR count). The number of aromatic nitrogens is 3. The molecule has 0 amide bonds. The molecule has 0 aliphatic heterocycles. The van der Waals surface area contributed by atoms with E-state index in [2.05, 4.69) is 15.0 Å². The number of pyridine rings is 1. The van der Waals surface area contributed by atoms with Gasteiger partial charge in [0.1, 0.15) is 12.1 Å². The summed E-state index contributed by atoms with van der Waals surface area (Å²) in [5.41, 5.74) is 0.837. The molecule has 0 bridgehead atoms. The van der Waals surface area contributed by atoms with Crippen molar-refractivity contribution in [1.29, 1.82) is 0 Å². The number of aryl methyl sites for hydroxylation is 1. The summed E-state index contributed by atoms with van der Waals surface area (Å²) >= 11 is 1.19. The zero-order chi connectivity index (χ0) is 16.9. The van der Waals surface area contributed by atoms with Crippen molar-refractivity contribution in [3.05, 3.63) is 70.8 Å². The Hall–Kier alpha value is -3.00. The maximum Gasteiger partial charge on any atom is 0.363 e. The molecule has 0 N–H and O–H groups in total. The van der Waals surface area contributed by atoms with Gasteiger partial charge in [0.2, 0.25) is 0 Å². The molecule has 2 aromatic heterocycles. The highest BCUT2D eigenvalue weighted by Crippen LogP contribution is 2.38. The van der Waals surface area contributed by atoms with Crippen LogP contribution in [-0.2, 0) is 0 Å². The molecule has 0 aliphatic rings. The van der Waals surface area contributed by atoms with Gasteiger partial charge in [-0.25, -0.2) is 4.98 Å². The highest BCUT2D eigenvalue weighted by atomic mass is 32.2. The molecule has 1 aromatic carbocycles. The van der Waals surface area contributed by atoms with E-state index in [1.807, 2.05) is 31.2 Å². The minimum Gasteiger partial charge on any atom is -0.432 e. The first kappa shape index (κ1) is 15.9. The molecule has 7 nitrogen and oxygen atoms in total. The SMILES string of the molecule is Cc1ccc(Sc2ncnc(Oc3cccnc3)c2[N+](=O)[O-])cc1. The number of rotatable bonds is 5. The van der Waals surface area contributed by atoms with E-state index in [4.69, 9.17) is 4.74 Å². The lowest BCUT2D eigenvalue weighted by Crippen LogP contribution is -2.00. The molecule has 0 radical (unpaired) electrons. The summed E-state index contributed by atoms with van der Waals surface area (Å²) in [7, 11) is 0. The van der Waals surface area contributed by atoms with Gasteiger partial charge in [-0.05, 0) is 31.2 Å². The lowest BCUT2D eigenvalue weighted by molar-refractivity contribution is -0.389. The van der Waals surface area contributed by atoms with Gasteiger partial charge in [0.25, 0.3) is 0 Å². The third-order valence-corrected chi connectivity index (χ3v) is 4.02. The van der Waals surface area contributed by atoms with E-state index in [1.54, 1.807) is 18.3 Å². The average molecular weight is 340 g/mol. The minimum atomic E-state index is -0.539. The Morgan fingerprint density at radius 1 is 1.17 bits per heavy atom. The lowest BCUT2D eigenvalue weighted by Gasteiger charge is -2.07. The number of ether oxygens (including phenoxy) is 1. The van der Waals surface area contributed by atoms with Crippen molar-refractivity contribution < 1.29 is 9.66 Å². The summed E-state index contributed by atoms with van der Waals surface area (Å²) in [5, 5.41) is 11.7. The Labute approximate surface area is 141 Å². The van der Waals surface area contributed by atoms with Crippen LogP contribution >= 0.6 is 11.8 Å². The highest BCUT2D eigenvalue weighted by molar-refractivity contribution is 7.99. The Bertz CT molecular complexity index is 857. The third kappa shape index (κ3) is 3.66. The summed E-state index contributed by atoms with van der Waals surface area (Å²) < 4.78 is 5.50. The van der Waals surface area contributed by atoms with Crippen LogP contribution in [0.5, 0.6) is 11.6 Å². The molecule has 0 spiro atoms. The van der Waals surface area contributed by atoms with Crippen molar-refractivity contribution >= 4 is 17.4 Å². The fourth-order valence-corrected chi connectivity index (χ4v) is 2.74. The number of nitro groups is 1. The molecular formula is C16H12N4O3S. The third-order valence-electron chi connectivity index (χ3n) is 3.02. The van der Waals surface area contributed by atoms with Crippen LogP contribution in [0, 0.1) is 17.0 Å². The van der Waals surface area contributed by atoms with Gasteiger partial charge in [-0.15, -0.1) is 0 Å². The highest BCUT2D eigenvalue weighted by Gasteiger charge is 2.25. The number of hydrogen-bond donors (Lipinski definition) is 0. The van der Waals surface area contributed by atoms with Gasteiger partial charge in [-0.3, -0.25) is 15.1 Å². The molecule has 0 fully saturated rings. The molecule has 2 heterocycles. The van der Waals surface area contributed by atoms with Gasteiger partial charge in [0, 0.05) is 11.1 Å². The maximum absolute atomic E-state index is 11.5. The van der Waals surface area contributed by atoms with Crippen LogP contribution in [-0.4, -0.2) is 19.9 Å². The maximum atomic E-state index is 11.5. The van der Waals surface area contributed by atoms with Crippen molar-refractivity contribution in [2.75, 3.05) is 0 Å². The summed E-state index contributed by atoms with van der Waals surface area (Å²) in [4.78, 5) is 23.6. The number of nitrogens with zero attached hydrogens (tertiary/aromatic N) is 4. The van der Waals surface area contributed by atoms with Crippen molar-refractivity contribution in [3.63, 3.8) is 0 Å². The fraction of sp³-hybridized carbons (Fsp3) is 0.0625. The monoisotopic (exact) mass is 340 g/mol. The van der Waals surface area contributed by atoms with Crippen molar-refractivity contribution in [2.24, 2.45) is 0 Å². The molecule has 0 saturated heterocycles. The summed E-state index contributed by atoms with van der Waals surface area (Å²) in [6.07, 6.45) is 4.29. The second-order valence-electron chi connectivity index (χ2n) is 4.80. The van der Waals surface area contributed by atoms with E-state index < -0.39 is 4.92 Å². The average Bonchev–Trinajstić information content (AvgIpc) is 2.58. The van der Waals surface area contributed by atoms with Crippen LogP contribution in [0.15, 0.2) is 65.0 Å². The van der Waals surface area contributed by atoms with Gasteiger partial charge >= 0.3 is 11.6 Å². The lowest BCUT2D eigenvalue weighted by atomic mass is 10.2. The molecule has 0 atom stereocenters. The second kappa shape index (κ2) is 7.05. The van der Waals surface area contributed by atoms with Gasteiger partial charge in [0.05, 0.1) is 11.1 Å². The van der Waals surface area contributed by atoms with E-state index in [9.17, 15) is 10.1 Å². The minimum absolute atomic E-state index is 0.113. The molecule has 0 unspecified atom stereocenters. The molecule has 3 aromatic rings. The zero-order valence-electron chi connectivity index (χ0n) is 12.6. The van der Waals surface area contributed by atoms with E-state index in [0.29, 0.717) is 5.75 Å². The standard InChI is InChI=1S/C16H12N4O3S/c1-11-4-6-13(7-5-11)24-16-14(20(21)22)15(18-10-19-16)23-12-3-2-8-17-9-12/h2-10H,1H3. The molecule has 0 saturated carbocycles. The van der Waals surface area contributed by atoms with E-state index >= 15 is 0 Å². The Kier molecular flexibility index (Phi) is 4.66. The fourth-order valence-electron chi connectivity index (χ4n) is 1.89. The molecule has 8 heteroatoms. The normalized spacial score (nSPS) is 10.4. The van der Waals surface area contributed by atoms with Crippen LogP contribution in [0.3, 0.4) is 0 Å². The van der Waals surface area contributed by atoms with E-state index in [-0.39, 0.29) is 16.6 Å². The van der Waals surface area contributed by atoms with Crippen LogP contribution in [0.25, 0.3) is 0 Å². The van der Waals surface area contributed by atoms with Crippen LogP contribution in [0.4, 0.5) is 5.69 Å². The molecule has 0 aliphatic carbocycles. The van der Waals surface area contributed by atoms with Crippen LogP contribution in [0.1, 0.15) is 5.56 Å². The predicted molar refractivity (Wildman–Crippen MR) is 88.3 cm³/mol. The van der Waals surface area contributed by atoms with Gasteiger partial charge in [0.15, 0.2) is 5.03 Å². The van der Waals surface area contributed by atoms with Gasteiger partial charge in [-0.1, -0.05) is 29.5 Å². The summed E-state index contributed by atoms with van der Waals surface area (Å²) in [6.45, 7) is 1.97. The van der Waals surface area contributed by atoms with Gasteiger partial charge < -0.3 is 4.74 Å². The Morgan fingerprint density at radius 2 is 1.96 bits per heavy atom. The Morgan fingerprint density at radius 3 is 2.62 bits per heavy atom. The first-order valence-electron chi connectivity index (χ1n) is 6.95. The molecule has 24 heavy (non-hydrogen) atoms. The zero-order valence-corrected chi connectivity index (χ0v) is 13.4. The van der Waals surface area contributed by atoms with E-state index in [1.165, 1.54) is 24.3 Å². The number of benzene rings is 1. The number of hydrogen-bond acceptors (Lipinski definition) is 7. The van der Waals surface area contributed by atoms with E-state index in [0.717, 1.165) is 10.5 Å². The first-order valence-corrected chi connectivity index (χ1v) is 7.77. The van der Waals surface area contributed by atoms with Crippen LogP contribution in [0.2, 0.25) is 0 Å². The predicted octanol–water partition coefficient (Wildman–Crippen LogP) is 4.03. The Balaban J connectivity index is 1.96. The van der Waals surface area contributed by atoms with Crippen molar-refractivity contribution in [1.82, 2.24) is 15.0 Å². The summed E-state index contributed by atoms with van der Waals surface area (Å²) in [5.74, 6) is 0.253. The van der Waals surface area contributed by atoms with Crippen LogP contribution < -0.4 is 4.74 Å². The quantitative estimate of drug-likeness (QED) is 0.393.